The zero-order valence-electron chi connectivity index (χ0n) is 38.6. The van der Waals surface area contributed by atoms with Crippen LogP contribution >= 0.6 is 7.82 Å². The summed E-state index contributed by atoms with van der Waals surface area (Å²) in [5.74, 6) is -1.04. The minimum atomic E-state index is -5.02. The summed E-state index contributed by atoms with van der Waals surface area (Å²) in [5.41, 5.74) is 0. The number of phosphoric ester groups is 1. The molecule has 1 saturated heterocycles. The first kappa shape index (κ1) is 57.9. The smallest absolute Gasteiger partial charge is 0.462 e. The van der Waals surface area contributed by atoms with Gasteiger partial charge in [0, 0.05) is 12.8 Å². The lowest BCUT2D eigenvalue weighted by atomic mass is 10.00. The van der Waals surface area contributed by atoms with Crippen LogP contribution in [-0.4, -0.2) is 93.9 Å². The normalized spacial score (nSPS) is 20.7. The Morgan fingerprint density at radius 1 is 0.525 bits per heavy atom. The molecule has 0 aromatic carbocycles. The van der Waals surface area contributed by atoms with E-state index in [9.17, 15) is 39.5 Å². The number of esters is 2. The Morgan fingerprint density at radius 3 is 1.26 bits per heavy atom. The highest BCUT2D eigenvalue weighted by Gasteiger charge is 2.47. The van der Waals surface area contributed by atoms with Crippen molar-refractivity contribution in [1.82, 2.24) is 0 Å². The quantitative estimate of drug-likeness (QED) is 0.0220. The molecule has 0 aromatic heterocycles. The molecule has 14 heteroatoms. The van der Waals surface area contributed by atoms with Crippen LogP contribution in [0.25, 0.3) is 0 Å². The lowest BCUT2D eigenvalue weighted by Gasteiger charge is -2.39. The maximum atomic E-state index is 12.8. The van der Waals surface area contributed by atoms with Gasteiger partial charge >= 0.3 is 19.8 Å². The average Bonchev–Trinajstić information content (AvgIpc) is 3.24. The molecule has 0 bridgehead atoms. The molecule has 61 heavy (non-hydrogen) atoms. The number of aliphatic hydroxyl groups excluding tert-OH is 4. The lowest BCUT2D eigenvalue weighted by molar-refractivity contribution is -0.281. The fraction of sp³-hybridized carbons (Fsp3) is 0.957. The van der Waals surface area contributed by atoms with Gasteiger partial charge in [-0.25, -0.2) is 4.57 Å². The molecule has 1 heterocycles. The van der Waals surface area contributed by atoms with Crippen molar-refractivity contribution in [2.45, 2.75) is 269 Å². The average molecular weight is 895 g/mol. The van der Waals surface area contributed by atoms with Gasteiger partial charge in [0.2, 0.25) is 0 Å². The fourth-order valence-electron chi connectivity index (χ4n) is 7.75. The van der Waals surface area contributed by atoms with Gasteiger partial charge in [0.1, 0.15) is 31.0 Å². The van der Waals surface area contributed by atoms with Crippen LogP contribution in [0.15, 0.2) is 0 Å². The van der Waals surface area contributed by atoms with Crippen LogP contribution in [0.4, 0.5) is 0 Å². The largest absolute Gasteiger partial charge is 0.474 e. The summed E-state index contributed by atoms with van der Waals surface area (Å²) in [4.78, 5) is 35.8. The van der Waals surface area contributed by atoms with Crippen LogP contribution in [0.1, 0.15) is 232 Å². The topological polar surface area (TPSA) is 199 Å². The lowest BCUT2D eigenvalue weighted by Crippen LogP contribution is -2.58. The number of hydrogen-bond acceptors (Lipinski definition) is 12. The van der Waals surface area contributed by atoms with E-state index in [1.54, 1.807) is 0 Å². The molecule has 0 aliphatic carbocycles. The van der Waals surface area contributed by atoms with Gasteiger partial charge in [-0.3, -0.25) is 18.6 Å². The Morgan fingerprint density at radius 2 is 0.885 bits per heavy atom. The number of ether oxygens (including phenoxy) is 3. The van der Waals surface area contributed by atoms with Gasteiger partial charge in [-0.15, -0.1) is 0 Å². The number of phosphoric acid groups is 1. The number of aliphatic hydroxyl groups is 4. The second kappa shape index (κ2) is 39.2. The molecule has 0 radical (unpaired) electrons. The van der Waals surface area contributed by atoms with Crippen molar-refractivity contribution < 1.29 is 62.7 Å². The van der Waals surface area contributed by atoms with Crippen molar-refractivity contribution in [1.29, 1.82) is 0 Å². The Balaban J connectivity index is 2.39. The minimum absolute atomic E-state index is 0.125. The van der Waals surface area contributed by atoms with Crippen LogP contribution in [0.5, 0.6) is 0 Å². The Kier molecular flexibility index (Phi) is 37.2. The van der Waals surface area contributed by atoms with Crippen molar-refractivity contribution >= 4 is 19.8 Å². The molecule has 0 amide bonds. The molecular weight excluding hydrogens is 803 g/mol. The summed E-state index contributed by atoms with van der Waals surface area (Å²) in [7, 11) is -5.02. The molecule has 2 unspecified atom stereocenters. The van der Waals surface area contributed by atoms with Crippen molar-refractivity contribution in [3.8, 4) is 0 Å². The van der Waals surface area contributed by atoms with E-state index < -0.39 is 76.4 Å². The summed E-state index contributed by atoms with van der Waals surface area (Å²) in [5, 5.41) is 39.6. The minimum Gasteiger partial charge on any atom is -0.462 e. The highest BCUT2D eigenvalue weighted by atomic mass is 31.2. The van der Waals surface area contributed by atoms with Crippen molar-refractivity contribution in [2.24, 2.45) is 0 Å². The summed E-state index contributed by atoms with van der Waals surface area (Å²) >= 11 is 0. The van der Waals surface area contributed by atoms with Gasteiger partial charge in [0.15, 0.2) is 12.4 Å². The third kappa shape index (κ3) is 32.2. The predicted octanol–water partition coefficient (Wildman–Crippen LogP) is 10.7. The van der Waals surface area contributed by atoms with Crippen LogP contribution in [0.2, 0.25) is 0 Å². The van der Waals surface area contributed by atoms with E-state index in [0.29, 0.717) is 12.8 Å². The highest BCUT2D eigenvalue weighted by Crippen LogP contribution is 2.46. The summed E-state index contributed by atoms with van der Waals surface area (Å²) in [6.45, 7) is 2.66. The van der Waals surface area contributed by atoms with Gasteiger partial charge < -0.3 is 39.5 Å². The van der Waals surface area contributed by atoms with E-state index in [1.165, 1.54) is 154 Å². The summed E-state index contributed by atoms with van der Waals surface area (Å²) < 4.78 is 38.8. The molecule has 1 aliphatic heterocycles. The standard InChI is InChI=1S/C47H91O13P/c1-3-5-7-9-11-13-15-17-19-20-22-24-26-28-30-32-34-36-43(50)58-40(39-57-61(54,55)60-47-46(53)45(52)44(51)41(37-48)59-47)38-56-42(49)35-33-31-29-27-25-23-21-18-16-14-12-10-8-6-4-2/h40-41,44-48,51-53H,3-39H2,1-2H3,(H,54,55)/t40?,41-,44-,45+,46-,47+/m1/s1. The molecular formula is C47H91O13P. The third-order valence-electron chi connectivity index (χ3n) is 11.7. The second-order valence-corrected chi connectivity index (χ2v) is 18.9. The molecule has 0 aromatic rings. The molecule has 0 saturated carbocycles. The van der Waals surface area contributed by atoms with E-state index in [1.807, 2.05) is 0 Å². The molecule has 5 N–H and O–H groups in total. The monoisotopic (exact) mass is 895 g/mol. The van der Waals surface area contributed by atoms with Crippen LogP contribution in [-0.2, 0) is 37.4 Å². The molecule has 1 fully saturated rings. The Labute approximate surface area is 370 Å². The number of unbranched alkanes of at least 4 members (excludes halogenated alkanes) is 30. The van der Waals surface area contributed by atoms with Crippen molar-refractivity contribution in [3.63, 3.8) is 0 Å². The molecule has 13 nitrogen and oxygen atoms in total. The maximum Gasteiger partial charge on any atom is 0.474 e. The van der Waals surface area contributed by atoms with E-state index in [2.05, 4.69) is 13.8 Å². The molecule has 1 aliphatic rings. The first-order chi connectivity index (χ1) is 29.5. The SMILES string of the molecule is CCCCCCCCCCCCCCCCCCCC(=O)OC(COC(=O)CCCCCCCCCCCCCCCCC)COP(=O)(O)O[C@@H]1O[C@H](CO)[C@@H](O)[C@H](O)[C@H]1O. The Hall–Kier alpha value is -1.15. The van der Waals surface area contributed by atoms with Gasteiger partial charge in [-0.05, 0) is 12.8 Å². The van der Waals surface area contributed by atoms with E-state index in [4.69, 9.17) is 23.3 Å². The van der Waals surface area contributed by atoms with Gasteiger partial charge in [0.25, 0.3) is 0 Å². The first-order valence-corrected chi connectivity index (χ1v) is 26.4. The van der Waals surface area contributed by atoms with Crippen LogP contribution < -0.4 is 0 Å². The van der Waals surface area contributed by atoms with Crippen molar-refractivity contribution in [3.05, 3.63) is 0 Å². The predicted molar refractivity (Wildman–Crippen MR) is 240 cm³/mol. The highest BCUT2D eigenvalue weighted by molar-refractivity contribution is 7.47. The molecule has 7 atom stereocenters. The second-order valence-electron chi connectivity index (χ2n) is 17.5. The molecule has 362 valence electrons. The van der Waals surface area contributed by atoms with Crippen molar-refractivity contribution in [2.75, 3.05) is 19.8 Å². The van der Waals surface area contributed by atoms with E-state index in [0.717, 1.165) is 38.5 Å². The van der Waals surface area contributed by atoms with Gasteiger partial charge in [0.05, 0.1) is 13.2 Å². The number of carbonyl (C=O) groups excluding carboxylic acids is 2. The van der Waals surface area contributed by atoms with E-state index >= 15 is 0 Å². The van der Waals surface area contributed by atoms with Gasteiger partial charge in [-0.1, -0.05) is 206 Å². The fourth-order valence-corrected chi connectivity index (χ4v) is 8.60. The Bertz CT molecular complexity index is 1080. The number of rotatable bonds is 43. The molecule has 1 rings (SSSR count). The zero-order chi connectivity index (χ0) is 44.8. The summed E-state index contributed by atoms with van der Waals surface area (Å²) in [6.07, 6.45) is 29.3. The number of hydrogen-bond donors (Lipinski definition) is 5. The zero-order valence-corrected chi connectivity index (χ0v) is 39.5. The first-order valence-electron chi connectivity index (χ1n) is 24.9. The third-order valence-corrected chi connectivity index (χ3v) is 12.7. The van der Waals surface area contributed by atoms with E-state index in [-0.39, 0.29) is 12.8 Å². The number of carbonyl (C=O) groups is 2. The van der Waals surface area contributed by atoms with Gasteiger partial charge in [-0.2, -0.15) is 0 Å². The van der Waals surface area contributed by atoms with Crippen LogP contribution in [0, 0.1) is 0 Å². The van der Waals surface area contributed by atoms with Crippen LogP contribution in [0.3, 0.4) is 0 Å². The molecule has 0 spiro atoms. The maximum absolute atomic E-state index is 12.8. The summed E-state index contributed by atoms with van der Waals surface area (Å²) in [6, 6.07) is 0.